The Balaban J connectivity index is 1.62. The molecule has 1 N–H and O–H groups in total. The second-order valence-corrected chi connectivity index (χ2v) is 7.11. The average Bonchev–Trinajstić information content (AvgIpc) is 3.24. The Morgan fingerprint density at radius 1 is 1.42 bits per heavy atom. The third kappa shape index (κ3) is 4.13. The Bertz CT molecular complexity index is 681. The lowest BCUT2D eigenvalue weighted by Gasteiger charge is -2.28. The number of ether oxygens (including phenoxy) is 1. The van der Waals surface area contributed by atoms with Crippen molar-refractivity contribution >= 4 is 17.2 Å². The summed E-state index contributed by atoms with van der Waals surface area (Å²) in [6.45, 7) is 0.756. The topological polar surface area (TPSA) is 62.7 Å². The molecule has 0 aliphatic heterocycles. The zero-order chi connectivity index (χ0) is 17.0. The van der Waals surface area contributed by atoms with Gasteiger partial charge >= 0.3 is 0 Å². The minimum absolute atomic E-state index is 0.102. The van der Waals surface area contributed by atoms with E-state index in [-0.39, 0.29) is 5.91 Å². The van der Waals surface area contributed by atoms with Gasteiger partial charge in [-0.05, 0) is 31.0 Å². The van der Waals surface area contributed by atoms with Crippen LogP contribution in [0.1, 0.15) is 41.7 Å². The standard InChI is InChI=1S/C18H22N2O3S/c1-20(12-18(22)7-2-3-8-18)17(21)14-5-4-6-16(9-14)23-10-15-11-24-13-19-15/h4-6,9,11,13,22H,2-3,7-8,10,12H2,1H3. The van der Waals surface area contributed by atoms with Gasteiger partial charge in [0.1, 0.15) is 12.4 Å². The summed E-state index contributed by atoms with van der Waals surface area (Å²) < 4.78 is 5.70. The second-order valence-electron chi connectivity index (χ2n) is 6.39. The molecule has 1 aliphatic rings. The fraction of sp³-hybridized carbons (Fsp3) is 0.444. The van der Waals surface area contributed by atoms with Gasteiger partial charge in [0, 0.05) is 24.5 Å². The number of aliphatic hydroxyl groups is 1. The van der Waals surface area contributed by atoms with E-state index in [4.69, 9.17) is 4.74 Å². The predicted octanol–water partition coefficient (Wildman–Crippen LogP) is 3.10. The van der Waals surface area contributed by atoms with Crippen LogP contribution in [0.25, 0.3) is 0 Å². The van der Waals surface area contributed by atoms with Crippen molar-refractivity contribution in [3.8, 4) is 5.75 Å². The van der Waals surface area contributed by atoms with Gasteiger partial charge in [0.2, 0.25) is 0 Å². The third-order valence-corrected chi connectivity index (χ3v) is 5.00. The van der Waals surface area contributed by atoms with E-state index in [2.05, 4.69) is 4.98 Å². The number of likely N-dealkylation sites (N-methyl/N-ethyl adjacent to an activating group) is 1. The summed E-state index contributed by atoms with van der Waals surface area (Å²) in [5, 5.41) is 12.4. The monoisotopic (exact) mass is 346 g/mol. The highest BCUT2D eigenvalue weighted by Crippen LogP contribution is 2.30. The third-order valence-electron chi connectivity index (χ3n) is 4.36. The number of rotatable bonds is 6. The highest BCUT2D eigenvalue weighted by Gasteiger charge is 2.33. The first kappa shape index (κ1) is 16.9. The summed E-state index contributed by atoms with van der Waals surface area (Å²) in [7, 11) is 1.74. The highest BCUT2D eigenvalue weighted by molar-refractivity contribution is 7.07. The Morgan fingerprint density at radius 3 is 2.92 bits per heavy atom. The van der Waals surface area contributed by atoms with E-state index in [9.17, 15) is 9.90 Å². The maximum absolute atomic E-state index is 12.6. The van der Waals surface area contributed by atoms with Crippen LogP contribution in [0.4, 0.5) is 0 Å². The van der Waals surface area contributed by atoms with Crippen LogP contribution in [0.5, 0.6) is 5.75 Å². The van der Waals surface area contributed by atoms with Gasteiger partial charge in [-0.2, -0.15) is 0 Å². The largest absolute Gasteiger partial charge is 0.487 e. The fourth-order valence-corrected chi connectivity index (χ4v) is 3.65. The lowest BCUT2D eigenvalue weighted by molar-refractivity contribution is 0.0156. The maximum atomic E-state index is 12.6. The molecule has 0 unspecified atom stereocenters. The van der Waals surface area contributed by atoms with E-state index in [0.29, 0.717) is 24.5 Å². The van der Waals surface area contributed by atoms with Crippen molar-refractivity contribution in [3.63, 3.8) is 0 Å². The molecule has 1 heterocycles. The van der Waals surface area contributed by atoms with Gasteiger partial charge in [0.15, 0.2) is 0 Å². The molecule has 2 aromatic rings. The molecule has 1 fully saturated rings. The molecule has 128 valence electrons. The Labute approximate surface area is 145 Å². The Hall–Kier alpha value is -1.92. The van der Waals surface area contributed by atoms with E-state index >= 15 is 0 Å². The molecular weight excluding hydrogens is 324 g/mol. The number of carbonyl (C=O) groups is 1. The van der Waals surface area contributed by atoms with Gasteiger partial charge in [-0.3, -0.25) is 4.79 Å². The summed E-state index contributed by atoms with van der Waals surface area (Å²) in [6.07, 6.45) is 3.58. The van der Waals surface area contributed by atoms with Gasteiger partial charge in [-0.25, -0.2) is 4.98 Å². The second kappa shape index (κ2) is 7.32. The molecule has 24 heavy (non-hydrogen) atoms. The average molecular weight is 346 g/mol. The minimum atomic E-state index is -0.733. The van der Waals surface area contributed by atoms with Crippen molar-refractivity contribution in [1.29, 1.82) is 0 Å². The van der Waals surface area contributed by atoms with Crippen molar-refractivity contribution in [1.82, 2.24) is 9.88 Å². The predicted molar refractivity (Wildman–Crippen MR) is 93.3 cm³/mol. The summed E-state index contributed by atoms with van der Waals surface area (Å²) >= 11 is 1.53. The van der Waals surface area contributed by atoms with Gasteiger partial charge < -0.3 is 14.7 Å². The number of aromatic nitrogens is 1. The molecule has 1 saturated carbocycles. The van der Waals surface area contributed by atoms with Crippen molar-refractivity contribution in [2.75, 3.05) is 13.6 Å². The first-order chi connectivity index (χ1) is 11.6. The Kier molecular flexibility index (Phi) is 5.16. The molecule has 1 amide bonds. The molecule has 5 nitrogen and oxygen atoms in total. The van der Waals surface area contributed by atoms with E-state index < -0.39 is 5.60 Å². The molecule has 0 atom stereocenters. The number of thiazole rings is 1. The molecule has 0 saturated heterocycles. The molecule has 0 radical (unpaired) electrons. The minimum Gasteiger partial charge on any atom is -0.487 e. The number of benzene rings is 1. The van der Waals surface area contributed by atoms with E-state index in [1.807, 2.05) is 17.5 Å². The first-order valence-electron chi connectivity index (χ1n) is 8.14. The first-order valence-corrected chi connectivity index (χ1v) is 9.08. The van der Waals surface area contributed by atoms with Gasteiger partial charge in [0.05, 0.1) is 16.8 Å². The van der Waals surface area contributed by atoms with Crippen molar-refractivity contribution in [3.05, 3.63) is 46.4 Å². The van der Waals surface area contributed by atoms with Crippen LogP contribution >= 0.6 is 11.3 Å². The number of nitrogens with zero attached hydrogens (tertiary/aromatic N) is 2. The number of amides is 1. The van der Waals surface area contributed by atoms with E-state index in [1.165, 1.54) is 11.3 Å². The van der Waals surface area contributed by atoms with Gasteiger partial charge in [-0.1, -0.05) is 18.9 Å². The highest BCUT2D eigenvalue weighted by atomic mass is 32.1. The molecule has 1 aliphatic carbocycles. The molecule has 1 aromatic carbocycles. The van der Waals surface area contributed by atoms with Crippen molar-refractivity contribution < 1.29 is 14.6 Å². The van der Waals surface area contributed by atoms with Crippen LogP contribution in [0.15, 0.2) is 35.2 Å². The summed E-state index contributed by atoms with van der Waals surface area (Å²) in [6, 6.07) is 7.15. The fourth-order valence-electron chi connectivity index (χ4n) is 3.11. The van der Waals surface area contributed by atoms with Crippen molar-refractivity contribution in [2.45, 2.75) is 37.9 Å². The lowest BCUT2D eigenvalue weighted by Crippen LogP contribution is -2.42. The van der Waals surface area contributed by atoms with E-state index in [1.54, 1.807) is 29.6 Å². The molecule has 0 bridgehead atoms. The van der Waals surface area contributed by atoms with Crippen LogP contribution in [0.2, 0.25) is 0 Å². The van der Waals surface area contributed by atoms with Crippen LogP contribution < -0.4 is 4.74 Å². The molecule has 0 spiro atoms. The van der Waals surface area contributed by atoms with Crippen molar-refractivity contribution in [2.24, 2.45) is 0 Å². The van der Waals surface area contributed by atoms with Gasteiger partial charge in [-0.15, -0.1) is 11.3 Å². The summed E-state index contributed by atoms with van der Waals surface area (Å²) in [5.74, 6) is 0.538. The number of hydrogen-bond donors (Lipinski definition) is 1. The van der Waals surface area contributed by atoms with Crippen LogP contribution in [0.3, 0.4) is 0 Å². The van der Waals surface area contributed by atoms with Crippen LogP contribution in [-0.2, 0) is 6.61 Å². The number of hydrogen-bond acceptors (Lipinski definition) is 5. The SMILES string of the molecule is CN(CC1(O)CCCC1)C(=O)c1cccc(OCc2cscn2)c1. The molecule has 3 rings (SSSR count). The summed E-state index contributed by atoms with van der Waals surface area (Å²) in [4.78, 5) is 18.4. The maximum Gasteiger partial charge on any atom is 0.253 e. The molecule has 1 aromatic heterocycles. The number of carbonyl (C=O) groups excluding carboxylic acids is 1. The quantitative estimate of drug-likeness (QED) is 0.873. The van der Waals surface area contributed by atoms with E-state index in [0.717, 1.165) is 31.4 Å². The lowest BCUT2D eigenvalue weighted by atomic mass is 10.0. The molecular formula is C18H22N2O3S. The smallest absolute Gasteiger partial charge is 0.253 e. The van der Waals surface area contributed by atoms with Crippen LogP contribution in [-0.4, -0.2) is 40.1 Å². The Morgan fingerprint density at radius 2 is 2.21 bits per heavy atom. The zero-order valence-corrected chi connectivity index (χ0v) is 14.6. The van der Waals surface area contributed by atoms with Gasteiger partial charge in [0.25, 0.3) is 5.91 Å². The zero-order valence-electron chi connectivity index (χ0n) is 13.8. The summed E-state index contributed by atoms with van der Waals surface area (Å²) in [5.41, 5.74) is 2.47. The van der Waals surface area contributed by atoms with Crippen LogP contribution in [0, 0.1) is 0 Å². The molecule has 6 heteroatoms. The normalized spacial score (nSPS) is 16.1.